The topological polar surface area (TPSA) is 134 Å². The minimum absolute atomic E-state index is 0.0395. The third-order valence-corrected chi connectivity index (χ3v) is 5.66. The molecule has 2 aliphatic rings. The molecule has 0 saturated carbocycles. The summed E-state index contributed by atoms with van der Waals surface area (Å²) in [5, 5.41) is 13.1. The number of aliphatic hydroxyl groups excluding tert-OH is 1. The lowest BCUT2D eigenvalue weighted by molar-refractivity contribution is -0.150. The average Bonchev–Trinajstić information content (AvgIpc) is 2.84. The number of benzene rings is 2. The third kappa shape index (κ3) is 4.93. The summed E-state index contributed by atoms with van der Waals surface area (Å²) in [6.07, 6.45) is -3.05. The van der Waals surface area contributed by atoms with Crippen molar-refractivity contribution in [2.75, 3.05) is 48.0 Å². The fraction of sp³-hybridized carbons (Fsp3) is 0.292. The molecule has 2 atom stereocenters. The second-order valence-corrected chi connectivity index (χ2v) is 7.93. The minimum atomic E-state index is -1.70. The van der Waals surface area contributed by atoms with Crippen LogP contribution in [0.2, 0.25) is 0 Å². The van der Waals surface area contributed by atoms with Gasteiger partial charge in [-0.05, 0) is 42.0 Å². The molecule has 34 heavy (non-hydrogen) atoms. The van der Waals surface area contributed by atoms with Crippen LogP contribution in [0.3, 0.4) is 0 Å². The highest BCUT2D eigenvalue weighted by atomic mass is 16.5. The molecule has 0 radical (unpaired) electrons. The number of carbonyl (C=O) groups is 3. The minimum Gasteiger partial charge on any atom is -0.399 e. The molecule has 2 fully saturated rings. The molecule has 0 bridgehead atoms. The molecule has 3 amide bonds. The van der Waals surface area contributed by atoms with E-state index in [0.29, 0.717) is 41.5 Å². The summed E-state index contributed by atoms with van der Waals surface area (Å²) in [5.74, 6) is -1.42. The Morgan fingerprint density at radius 3 is 2.26 bits per heavy atom. The Labute approximate surface area is 196 Å². The van der Waals surface area contributed by atoms with Crippen molar-refractivity contribution in [3.8, 4) is 0 Å². The number of ether oxygens (including phenoxy) is 2. The molecule has 2 aromatic rings. The zero-order valence-electron chi connectivity index (χ0n) is 18.5. The first-order chi connectivity index (χ1) is 16.3. The highest BCUT2D eigenvalue weighted by Crippen LogP contribution is 2.25. The van der Waals surface area contributed by atoms with Crippen molar-refractivity contribution in [1.82, 2.24) is 0 Å². The molecule has 4 N–H and O–H groups in total. The number of nitrogens with zero attached hydrogens (tertiary/aromatic N) is 2. The summed E-state index contributed by atoms with van der Waals surface area (Å²) in [6, 6.07) is 13.5. The lowest BCUT2D eigenvalue weighted by Gasteiger charge is -2.34. The van der Waals surface area contributed by atoms with Gasteiger partial charge in [-0.25, -0.2) is 0 Å². The second kappa shape index (κ2) is 10.0. The van der Waals surface area contributed by atoms with E-state index in [0.717, 1.165) is 0 Å². The van der Waals surface area contributed by atoms with Crippen LogP contribution in [-0.2, 0) is 23.9 Å². The highest BCUT2D eigenvalue weighted by Gasteiger charge is 2.39. The van der Waals surface area contributed by atoms with Crippen LogP contribution in [0, 0.1) is 0 Å². The Balaban J connectivity index is 1.42. The predicted molar refractivity (Wildman–Crippen MR) is 126 cm³/mol. The Bertz CT molecular complexity index is 1090. The SMILES string of the molecule is C=C(N)c1ccc(NC(=O)[C@H](O)[C@H]2OCCN(c3ccc(N4CCOCC4=O)cc3)C2=O)cc1. The molecule has 2 aromatic carbocycles. The fourth-order valence-electron chi connectivity index (χ4n) is 3.81. The maximum absolute atomic E-state index is 13.0. The largest absolute Gasteiger partial charge is 0.399 e. The highest BCUT2D eigenvalue weighted by molar-refractivity contribution is 6.04. The van der Waals surface area contributed by atoms with Gasteiger partial charge in [-0.2, -0.15) is 0 Å². The van der Waals surface area contributed by atoms with Gasteiger partial charge in [0.1, 0.15) is 6.61 Å². The second-order valence-electron chi connectivity index (χ2n) is 7.93. The van der Waals surface area contributed by atoms with E-state index >= 15 is 0 Å². The summed E-state index contributed by atoms with van der Waals surface area (Å²) < 4.78 is 10.6. The van der Waals surface area contributed by atoms with Gasteiger partial charge in [-0.1, -0.05) is 18.7 Å². The number of morpholine rings is 2. The monoisotopic (exact) mass is 466 g/mol. The predicted octanol–water partition coefficient (Wildman–Crippen LogP) is 0.711. The molecule has 2 saturated heterocycles. The van der Waals surface area contributed by atoms with Crippen molar-refractivity contribution in [3.05, 3.63) is 60.7 Å². The average molecular weight is 466 g/mol. The van der Waals surface area contributed by atoms with Crippen LogP contribution in [0.5, 0.6) is 0 Å². The number of nitrogens with one attached hydrogen (secondary N) is 1. The third-order valence-electron chi connectivity index (χ3n) is 5.66. The van der Waals surface area contributed by atoms with Crippen molar-refractivity contribution in [2.45, 2.75) is 12.2 Å². The van der Waals surface area contributed by atoms with Crippen LogP contribution in [0.15, 0.2) is 55.1 Å². The lowest BCUT2D eigenvalue weighted by atomic mass is 10.1. The molecule has 178 valence electrons. The molecule has 0 aliphatic carbocycles. The standard InChI is InChI=1S/C24H26N4O6/c1-15(25)16-2-4-17(5-3-16)26-23(31)21(30)22-24(32)28(11-13-34-22)19-8-6-18(7-9-19)27-10-12-33-14-20(27)29/h2-9,21-22,30H,1,10-14,25H2,(H,26,31)/t21-,22-/m1/s1. The van der Waals surface area contributed by atoms with E-state index in [1.165, 1.54) is 4.90 Å². The van der Waals surface area contributed by atoms with Crippen LogP contribution < -0.4 is 20.9 Å². The van der Waals surface area contributed by atoms with E-state index in [1.54, 1.807) is 53.4 Å². The molecule has 2 heterocycles. The van der Waals surface area contributed by atoms with E-state index < -0.39 is 24.0 Å². The first-order valence-electron chi connectivity index (χ1n) is 10.8. The van der Waals surface area contributed by atoms with E-state index in [1.807, 2.05) is 0 Å². The first kappa shape index (κ1) is 23.4. The Morgan fingerprint density at radius 2 is 1.65 bits per heavy atom. The van der Waals surface area contributed by atoms with Crippen LogP contribution >= 0.6 is 0 Å². The number of anilines is 3. The summed E-state index contributed by atoms with van der Waals surface area (Å²) in [6.45, 7) is 5.03. The van der Waals surface area contributed by atoms with Crippen LogP contribution in [0.1, 0.15) is 5.56 Å². The lowest BCUT2D eigenvalue weighted by Crippen LogP contribution is -2.55. The molecule has 0 aromatic heterocycles. The Kier molecular flexibility index (Phi) is 6.92. The number of amides is 3. The normalized spacial score (nSPS) is 19.6. The van der Waals surface area contributed by atoms with Gasteiger partial charge in [0.2, 0.25) is 0 Å². The van der Waals surface area contributed by atoms with Crippen molar-refractivity contribution in [1.29, 1.82) is 0 Å². The number of nitrogens with two attached hydrogens (primary N) is 1. The number of hydrogen-bond acceptors (Lipinski definition) is 7. The number of rotatable bonds is 6. The molecular weight excluding hydrogens is 440 g/mol. The zero-order chi connectivity index (χ0) is 24.2. The van der Waals surface area contributed by atoms with E-state index in [4.69, 9.17) is 15.2 Å². The molecule has 10 nitrogen and oxygen atoms in total. The van der Waals surface area contributed by atoms with Gasteiger partial charge >= 0.3 is 0 Å². The van der Waals surface area contributed by atoms with Gasteiger partial charge in [-0.3, -0.25) is 14.4 Å². The molecule has 0 unspecified atom stereocenters. The quantitative estimate of drug-likeness (QED) is 0.571. The maximum atomic E-state index is 13.0. The fourth-order valence-corrected chi connectivity index (χ4v) is 3.81. The van der Waals surface area contributed by atoms with E-state index in [-0.39, 0.29) is 25.7 Å². The Morgan fingerprint density at radius 1 is 1.03 bits per heavy atom. The van der Waals surface area contributed by atoms with Gasteiger partial charge < -0.3 is 35.4 Å². The smallest absolute Gasteiger partial charge is 0.259 e. The summed E-state index contributed by atoms with van der Waals surface area (Å²) >= 11 is 0. The number of carbonyl (C=O) groups excluding carboxylic acids is 3. The first-order valence-corrected chi connectivity index (χ1v) is 10.8. The summed E-state index contributed by atoms with van der Waals surface area (Å²) in [5.41, 5.74) is 8.46. The molecule has 2 aliphatic heterocycles. The van der Waals surface area contributed by atoms with Gasteiger partial charge in [0.25, 0.3) is 17.7 Å². The molecule has 4 rings (SSSR count). The van der Waals surface area contributed by atoms with Gasteiger partial charge in [0.15, 0.2) is 12.2 Å². The van der Waals surface area contributed by atoms with Crippen LogP contribution in [-0.4, -0.2) is 67.9 Å². The number of aliphatic hydroxyl groups is 1. The number of hydrogen-bond donors (Lipinski definition) is 3. The molecular formula is C24H26N4O6. The zero-order valence-corrected chi connectivity index (χ0v) is 18.5. The van der Waals surface area contributed by atoms with Gasteiger partial charge in [-0.15, -0.1) is 0 Å². The maximum Gasteiger partial charge on any atom is 0.259 e. The van der Waals surface area contributed by atoms with Crippen molar-refractivity contribution < 1.29 is 29.0 Å². The van der Waals surface area contributed by atoms with Gasteiger partial charge in [0.05, 0.1) is 13.2 Å². The van der Waals surface area contributed by atoms with Crippen molar-refractivity contribution in [3.63, 3.8) is 0 Å². The summed E-state index contributed by atoms with van der Waals surface area (Å²) in [4.78, 5) is 40.7. The van der Waals surface area contributed by atoms with E-state index in [9.17, 15) is 19.5 Å². The molecule has 10 heteroatoms. The van der Waals surface area contributed by atoms with Crippen molar-refractivity contribution in [2.24, 2.45) is 5.73 Å². The van der Waals surface area contributed by atoms with Crippen molar-refractivity contribution >= 4 is 40.5 Å². The Hall–Kier alpha value is -3.73. The molecule has 0 spiro atoms. The van der Waals surface area contributed by atoms with Gasteiger partial charge in [0, 0.05) is 35.8 Å². The van der Waals surface area contributed by atoms with Crippen LogP contribution in [0.25, 0.3) is 5.70 Å². The summed E-state index contributed by atoms with van der Waals surface area (Å²) in [7, 11) is 0. The van der Waals surface area contributed by atoms with E-state index in [2.05, 4.69) is 11.9 Å². The van der Waals surface area contributed by atoms with Crippen LogP contribution in [0.4, 0.5) is 17.1 Å².